The summed E-state index contributed by atoms with van der Waals surface area (Å²) in [5, 5.41) is 0. The fourth-order valence-corrected chi connectivity index (χ4v) is 4.68. The second-order valence-electron chi connectivity index (χ2n) is 9.25. The van der Waals surface area contributed by atoms with E-state index in [-0.39, 0.29) is 11.8 Å². The lowest BCUT2D eigenvalue weighted by atomic mass is 10.0. The van der Waals surface area contributed by atoms with E-state index in [0.29, 0.717) is 31.7 Å². The van der Waals surface area contributed by atoms with Crippen LogP contribution in [-0.2, 0) is 16.1 Å². The molecule has 0 bridgehead atoms. The molecule has 2 amide bonds. The Labute approximate surface area is 180 Å². The zero-order chi connectivity index (χ0) is 21.1. The molecule has 4 rings (SSSR count). The summed E-state index contributed by atoms with van der Waals surface area (Å²) in [6.45, 7) is 9.92. The molecule has 1 aromatic rings. The van der Waals surface area contributed by atoms with Gasteiger partial charge in [-0.25, -0.2) is 0 Å². The third kappa shape index (κ3) is 5.43. The number of aryl methyl sites for hydroxylation is 1. The topological polar surface area (TPSA) is 60.2 Å². The van der Waals surface area contributed by atoms with Crippen molar-refractivity contribution in [3.63, 3.8) is 0 Å². The molecule has 2 saturated heterocycles. The van der Waals surface area contributed by atoms with Crippen LogP contribution in [0.3, 0.4) is 0 Å². The predicted molar refractivity (Wildman–Crippen MR) is 115 cm³/mol. The molecule has 1 unspecified atom stereocenters. The van der Waals surface area contributed by atoms with Crippen LogP contribution in [0.15, 0.2) is 16.5 Å². The van der Waals surface area contributed by atoms with E-state index in [1.54, 1.807) is 0 Å². The minimum absolute atomic E-state index is 0.193. The van der Waals surface area contributed by atoms with E-state index < -0.39 is 0 Å². The smallest absolute Gasteiger partial charge is 0.237 e. The van der Waals surface area contributed by atoms with Gasteiger partial charge in [0.25, 0.3) is 0 Å². The van der Waals surface area contributed by atoms with E-state index in [0.717, 1.165) is 69.9 Å². The van der Waals surface area contributed by atoms with Gasteiger partial charge < -0.3 is 14.2 Å². The zero-order valence-electron chi connectivity index (χ0n) is 18.5. The van der Waals surface area contributed by atoms with Gasteiger partial charge in [-0.15, -0.1) is 0 Å². The highest BCUT2D eigenvalue weighted by atomic mass is 16.3. The van der Waals surface area contributed by atoms with Crippen LogP contribution < -0.4 is 0 Å². The molecular weight excluding hydrogens is 380 g/mol. The third-order valence-corrected chi connectivity index (χ3v) is 6.74. The first kappa shape index (κ1) is 21.4. The normalized spacial score (nSPS) is 23.5. The molecule has 3 heterocycles. The van der Waals surface area contributed by atoms with Gasteiger partial charge in [0.05, 0.1) is 19.6 Å². The highest BCUT2D eigenvalue weighted by Crippen LogP contribution is 2.29. The lowest BCUT2D eigenvalue weighted by molar-refractivity contribution is -0.137. The molecule has 0 spiro atoms. The molecule has 30 heavy (non-hydrogen) atoms. The molecule has 3 aliphatic rings. The Bertz CT molecular complexity index is 737. The maximum atomic E-state index is 13.0. The van der Waals surface area contributed by atoms with E-state index in [1.165, 1.54) is 6.42 Å². The van der Waals surface area contributed by atoms with Crippen molar-refractivity contribution in [3.8, 4) is 0 Å². The van der Waals surface area contributed by atoms with Gasteiger partial charge in [-0.2, -0.15) is 0 Å². The van der Waals surface area contributed by atoms with E-state index in [4.69, 9.17) is 4.42 Å². The van der Waals surface area contributed by atoms with Gasteiger partial charge in [0.2, 0.25) is 11.8 Å². The van der Waals surface area contributed by atoms with Crippen LogP contribution in [0, 0.1) is 6.92 Å². The van der Waals surface area contributed by atoms with Crippen LogP contribution in [0.4, 0.5) is 0 Å². The number of nitrogens with zero attached hydrogens (tertiary/aromatic N) is 4. The monoisotopic (exact) mass is 416 g/mol. The average molecular weight is 417 g/mol. The highest BCUT2D eigenvalue weighted by molar-refractivity contribution is 5.79. The average Bonchev–Trinajstić information content (AvgIpc) is 3.49. The van der Waals surface area contributed by atoms with Crippen LogP contribution in [0.1, 0.15) is 50.5 Å². The number of piperazine rings is 1. The van der Waals surface area contributed by atoms with Crippen molar-refractivity contribution in [2.75, 3.05) is 45.8 Å². The Balaban J connectivity index is 1.22. The molecule has 2 aliphatic heterocycles. The summed E-state index contributed by atoms with van der Waals surface area (Å²) in [4.78, 5) is 34.2. The number of carbonyl (C=O) groups excluding carboxylic acids is 2. The molecule has 7 heteroatoms. The summed E-state index contributed by atoms with van der Waals surface area (Å²) in [5.74, 6) is 2.21. The van der Waals surface area contributed by atoms with E-state index >= 15 is 0 Å². The number of amides is 2. The first-order chi connectivity index (χ1) is 14.5. The summed E-state index contributed by atoms with van der Waals surface area (Å²) in [7, 11) is 0. The summed E-state index contributed by atoms with van der Waals surface area (Å²) in [6.07, 6.45) is 5.67. The number of hydrogen-bond acceptors (Lipinski definition) is 5. The fourth-order valence-electron chi connectivity index (χ4n) is 4.68. The molecule has 1 atom stereocenters. The second kappa shape index (κ2) is 9.52. The van der Waals surface area contributed by atoms with Crippen molar-refractivity contribution in [2.24, 2.45) is 0 Å². The quantitative estimate of drug-likeness (QED) is 0.681. The van der Waals surface area contributed by atoms with Crippen LogP contribution in [0.5, 0.6) is 0 Å². The molecule has 3 fully saturated rings. The number of carbonyl (C=O) groups is 2. The fraction of sp³-hybridized carbons (Fsp3) is 0.739. The predicted octanol–water partition coefficient (Wildman–Crippen LogP) is 2.10. The Morgan fingerprint density at radius 2 is 1.70 bits per heavy atom. The Hall–Kier alpha value is -1.86. The molecule has 1 aromatic heterocycles. The Morgan fingerprint density at radius 3 is 2.30 bits per heavy atom. The van der Waals surface area contributed by atoms with E-state index in [1.807, 2.05) is 24.0 Å². The Morgan fingerprint density at radius 1 is 1.00 bits per heavy atom. The SMILES string of the molecule is Cc1ccc(CN(C(=O)CN2CCN(CC(=O)N3CCCCC3C)CC2)C2CC2)o1. The summed E-state index contributed by atoms with van der Waals surface area (Å²) in [5.41, 5.74) is 0. The second-order valence-corrected chi connectivity index (χ2v) is 9.25. The largest absolute Gasteiger partial charge is 0.464 e. The number of likely N-dealkylation sites (tertiary alicyclic amines) is 1. The number of rotatable bonds is 7. The standard InChI is InChI=1S/C23H36N4O3/c1-18-5-3-4-10-26(18)22(28)16-24-11-13-25(14-12-24)17-23(29)27(20-7-8-20)15-21-9-6-19(2)30-21/h6,9,18,20H,3-5,7-8,10-17H2,1-2H3. The van der Waals surface area contributed by atoms with Gasteiger partial charge in [0.1, 0.15) is 11.5 Å². The zero-order valence-corrected chi connectivity index (χ0v) is 18.5. The van der Waals surface area contributed by atoms with Crippen LogP contribution in [0.25, 0.3) is 0 Å². The molecule has 1 saturated carbocycles. The van der Waals surface area contributed by atoms with E-state index in [2.05, 4.69) is 21.6 Å². The van der Waals surface area contributed by atoms with Crippen molar-refractivity contribution in [1.82, 2.24) is 19.6 Å². The summed E-state index contributed by atoms with van der Waals surface area (Å²) < 4.78 is 5.69. The molecule has 7 nitrogen and oxygen atoms in total. The molecule has 0 N–H and O–H groups in total. The highest BCUT2D eigenvalue weighted by Gasteiger charge is 2.34. The van der Waals surface area contributed by atoms with Crippen molar-refractivity contribution < 1.29 is 14.0 Å². The van der Waals surface area contributed by atoms with Crippen LogP contribution in [-0.4, -0.2) is 89.3 Å². The Kier molecular flexibility index (Phi) is 6.78. The van der Waals surface area contributed by atoms with Gasteiger partial charge in [0.15, 0.2) is 0 Å². The van der Waals surface area contributed by atoms with Gasteiger partial charge in [0, 0.05) is 44.8 Å². The maximum absolute atomic E-state index is 13.0. The molecular formula is C23H36N4O3. The maximum Gasteiger partial charge on any atom is 0.237 e. The molecule has 0 radical (unpaired) electrons. The number of hydrogen-bond donors (Lipinski definition) is 0. The van der Waals surface area contributed by atoms with Crippen molar-refractivity contribution in [2.45, 2.75) is 64.6 Å². The lowest BCUT2D eigenvalue weighted by Gasteiger charge is -2.38. The number of furan rings is 1. The molecule has 166 valence electrons. The first-order valence-electron chi connectivity index (χ1n) is 11.6. The van der Waals surface area contributed by atoms with Gasteiger partial charge in [-0.1, -0.05) is 0 Å². The minimum Gasteiger partial charge on any atom is -0.464 e. The minimum atomic E-state index is 0.193. The molecule has 0 aromatic carbocycles. The summed E-state index contributed by atoms with van der Waals surface area (Å²) in [6, 6.07) is 4.66. The van der Waals surface area contributed by atoms with Crippen LogP contribution >= 0.6 is 0 Å². The van der Waals surface area contributed by atoms with Crippen LogP contribution in [0.2, 0.25) is 0 Å². The third-order valence-electron chi connectivity index (χ3n) is 6.74. The van der Waals surface area contributed by atoms with Crippen molar-refractivity contribution in [1.29, 1.82) is 0 Å². The molecule has 1 aliphatic carbocycles. The van der Waals surface area contributed by atoms with Gasteiger partial charge in [-0.05, 0) is 58.1 Å². The first-order valence-corrected chi connectivity index (χ1v) is 11.6. The van der Waals surface area contributed by atoms with Gasteiger partial charge >= 0.3 is 0 Å². The van der Waals surface area contributed by atoms with Crippen molar-refractivity contribution in [3.05, 3.63) is 23.7 Å². The van der Waals surface area contributed by atoms with Gasteiger partial charge in [-0.3, -0.25) is 19.4 Å². The number of piperidine rings is 1. The summed E-state index contributed by atoms with van der Waals surface area (Å²) >= 11 is 0. The lowest BCUT2D eigenvalue weighted by Crippen LogP contribution is -2.53. The van der Waals surface area contributed by atoms with Crippen molar-refractivity contribution >= 4 is 11.8 Å². The van der Waals surface area contributed by atoms with E-state index in [9.17, 15) is 9.59 Å².